The van der Waals surface area contributed by atoms with Crippen LogP contribution in [0.25, 0.3) is 0 Å². The number of ether oxygens (including phenoxy) is 2. The van der Waals surface area contributed by atoms with E-state index in [4.69, 9.17) is 9.47 Å². The largest absolute Gasteiger partial charge is 0.349 e. The summed E-state index contributed by atoms with van der Waals surface area (Å²) in [6.07, 6.45) is 0.696. The number of ketones is 1. The van der Waals surface area contributed by atoms with Gasteiger partial charge in [0.15, 0.2) is 0 Å². The van der Waals surface area contributed by atoms with E-state index in [1.54, 1.807) is 10.9 Å². The third-order valence-corrected chi connectivity index (χ3v) is 3.01. The lowest BCUT2D eigenvalue weighted by atomic mass is 10.2. The number of methoxy groups -OCH3 is 2. The van der Waals surface area contributed by atoms with Crippen molar-refractivity contribution in [3.8, 4) is 0 Å². The summed E-state index contributed by atoms with van der Waals surface area (Å²) in [5.74, 6) is -0.247. The van der Waals surface area contributed by atoms with Crippen molar-refractivity contribution in [1.29, 1.82) is 0 Å². The highest BCUT2D eigenvalue weighted by Gasteiger charge is 2.25. The van der Waals surface area contributed by atoms with Gasteiger partial charge >= 0.3 is 0 Å². The second kappa shape index (κ2) is 6.98. The van der Waals surface area contributed by atoms with Gasteiger partial charge in [-0.05, 0) is 30.0 Å². The molecule has 0 aliphatic carbocycles. The van der Waals surface area contributed by atoms with E-state index in [2.05, 4.69) is 21.0 Å². The predicted molar refractivity (Wildman–Crippen MR) is 70.6 cm³/mol. The molecule has 0 N–H and O–H groups in total. The first kappa shape index (κ1) is 15.3. The second-order valence-electron chi connectivity index (χ2n) is 4.04. The van der Waals surface area contributed by atoms with Crippen LogP contribution < -0.4 is 0 Å². The minimum Gasteiger partial charge on any atom is -0.349 e. The summed E-state index contributed by atoms with van der Waals surface area (Å²) in [5, 5.41) is 4.17. The zero-order valence-electron chi connectivity index (χ0n) is 11.0. The van der Waals surface area contributed by atoms with Gasteiger partial charge in [-0.2, -0.15) is 5.10 Å². The Morgan fingerprint density at radius 1 is 1.50 bits per heavy atom. The quantitative estimate of drug-likeness (QED) is 0.554. The molecular formula is C11H18BrN3O3. The molecule has 0 radical (unpaired) electrons. The molecule has 0 saturated heterocycles. The molecule has 102 valence electrons. The van der Waals surface area contributed by atoms with E-state index < -0.39 is 6.29 Å². The van der Waals surface area contributed by atoms with Gasteiger partial charge in [0, 0.05) is 20.8 Å². The standard InChI is InChI=1S/C11H18BrN3O3/c1-14(2)5-6-15-9(8(12)7-13-15)10(16)11(17-3)18-4/h7,11H,5-6H2,1-4H3. The number of likely N-dealkylation sites (N-methyl/N-ethyl adjacent to an activating group) is 1. The van der Waals surface area contributed by atoms with Crippen LogP contribution in [-0.4, -0.2) is 61.6 Å². The van der Waals surface area contributed by atoms with Crippen molar-refractivity contribution in [2.75, 3.05) is 34.9 Å². The van der Waals surface area contributed by atoms with Crippen LogP contribution in [0.5, 0.6) is 0 Å². The molecule has 7 heteroatoms. The third-order valence-electron chi connectivity index (χ3n) is 2.43. The SMILES string of the molecule is COC(OC)C(=O)c1c(Br)cnn1CCN(C)C. The molecule has 0 unspecified atom stereocenters. The van der Waals surface area contributed by atoms with Gasteiger partial charge < -0.3 is 14.4 Å². The Morgan fingerprint density at radius 3 is 2.61 bits per heavy atom. The average molecular weight is 320 g/mol. The summed E-state index contributed by atoms with van der Waals surface area (Å²) < 4.78 is 12.2. The number of nitrogens with zero attached hydrogens (tertiary/aromatic N) is 3. The van der Waals surface area contributed by atoms with Crippen molar-refractivity contribution < 1.29 is 14.3 Å². The van der Waals surface area contributed by atoms with Gasteiger partial charge in [-0.15, -0.1) is 0 Å². The molecule has 1 rings (SSSR count). The molecule has 0 aliphatic rings. The van der Waals surface area contributed by atoms with Crippen molar-refractivity contribution in [3.05, 3.63) is 16.4 Å². The average Bonchev–Trinajstić information content (AvgIpc) is 2.69. The van der Waals surface area contributed by atoms with Gasteiger partial charge in [0.1, 0.15) is 5.69 Å². The number of aromatic nitrogens is 2. The van der Waals surface area contributed by atoms with E-state index in [-0.39, 0.29) is 5.78 Å². The van der Waals surface area contributed by atoms with E-state index >= 15 is 0 Å². The lowest BCUT2D eigenvalue weighted by molar-refractivity contribution is -0.0747. The van der Waals surface area contributed by atoms with Crippen LogP contribution in [0.15, 0.2) is 10.7 Å². The first-order chi connectivity index (χ1) is 8.51. The minimum atomic E-state index is -0.906. The fourth-order valence-electron chi connectivity index (χ4n) is 1.49. The van der Waals surface area contributed by atoms with E-state index in [0.717, 1.165) is 6.54 Å². The number of Topliss-reactive ketones (excluding diaryl/α,β-unsaturated/α-hetero) is 1. The molecule has 1 aromatic heterocycles. The Morgan fingerprint density at radius 2 is 2.11 bits per heavy atom. The molecule has 1 heterocycles. The Balaban J connectivity index is 2.92. The molecule has 0 fully saturated rings. The first-order valence-corrected chi connectivity index (χ1v) is 6.26. The summed E-state index contributed by atoms with van der Waals surface area (Å²) in [6.45, 7) is 1.42. The highest BCUT2D eigenvalue weighted by atomic mass is 79.9. The maximum absolute atomic E-state index is 12.2. The molecule has 1 aromatic rings. The van der Waals surface area contributed by atoms with Gasteiger partial charge in [-0.1, -0.05) is 0 Å². The molecule has 0 saturated carbocycles. The maximum Gasteiger partial charge on any atom is 0.237 e. The fraction of sp³-hybridized carbons (Fsp3) is 0.636. The highest BCUT2D eigenvalue weighted by Crippen LogP contribution is 2.19. The maximum atomic E-state index is 12.2. The van der Waals surface area contributed by atoms with Crippen LogP contribution in [0.4, 0.5) is 0 Å². The smallest absolute Gasteiger partial charge is 0.237 e. The zero-order chi connectivity index (χ0) is 13.7. The van der Waals surface area contributed by atoms with Crippen molar-refractivity contribution in [2.24, 2.45) is 0 Å². The number of hydrogen-bond donors (Lipinski definition) is 0. The van der Waals surface area contributed by atoms with Crippen LogP contribution in [0.2, 0.25) is 0 Å². The molecule has 18 heavy (non-hydrogen) atoms. The Hall–Kier alpha value is -0.760. The van der Waals surface area contributed by atoms with Crippen LogP contribution >= 0.6 is 15.9 Å². The molecule has 6 nitrogen and oxygen atoms in total. The van der Waals surface area contributed by atoms with Gasteiger partial charge in [0.05, 0.1) is 17.2 Å². The van der Waals surface area contributed by atoms with Crippen LogP contribution in [0.1, 0.15) is 10.5 Å². The van der Waals surface area contributed by atoms with Crippen LogP contribution in [0.3, 0.4) is 0 Å². The molecule has 0 amide bonds. The van der Waals surface area contributed by atoms with Crippen LogP contribution in [0, 0.1) is 0 Å². The zero-order valence-corrected chi connectivity index (χ0v) is 12.6. The molecule has 0 bridgehead atoms. The van der Waals surface area contributed by atoms with Crippen molar-refractivity contribution in [1.82, 2.24) is 14.7 Å². The molecule has 0 aromatic carbocycles. The number of halogens is 1. The van der Waals surface area contributed by atoms with Crippen LogP contribution in [-0.2, 0) is 16.0 Å². The fourth-order valence-corrected chi connectivity index (χ4v) is 1.99. The van der Waals surface area contributed by atoms with E-state index in [1.165, 1.54) is 14.2 Å². The number of hydrogen-bond acceptors (Lipinski definition) is 5. The van der Waals surface area contributed by atoms with Crippen molar-refractivity contribution in [3.63, 3.8) is 0 Å². The lowest BCUT2D eigenvalue weighted by Gasteiger charge is -2.15. The summed E-state index contributed by atoms with van der Waals surface area (Å²) in [7, 11) is 6.79. The topological polar surface area (TPSA) is 56.6 Å². The third kappa shape index (κ3) is 3.61. The molecule has 0 aliphatic heterocycles. The molecule has 0 spiro atoms. The Bertz CT molecular complexity index is 402. The summed E-state index contributed by atoms with van der Waals surface area (Å²) >= 11 is 3.32. The number of carbonyl (C=O) groups is 1. The Labute approximate surface area is 115 Å². The monoisotopic (exact) mass is 319 g/mol. The molecular weight excluding hydrogens is 302 g/mol. The van der Waals surface area contributed by atoms with Gasteiger partial charge in [0.2, 0.25) is 12.1 Å². The van der Waals surface area contributed by atoms with Gasteiger partial charge in [0.25, 0.3) is 0 Å². The first-order valence-electron chi connectivity index (χ1n) is 5.47. The van der Waals surface area contributed by atoms with E-state index in [1.807, 2.05) is 19.0 Å². The van der Waals surface area contributed by atoms with E-state index in [9.17, 15) is 4.79 Å². The highest BCUT2D eigenvalue weighted by molar-refractivity contribution is 9.10. The summed E-state index contributed by atoms with van der Waals surface area (Å²) in [6, 6.07) is 0. The Kier molecular flexibility index (Phi) is 5.94. The normalized spacial score (nSPS) is 11.5. The summed E-state index contributed by atoms with van der Waals surface area (Å²) in [4.78, 5) is 14.2. The molecule has 0 atom stereocenters. The van der Waals surface area contributed by atoms with Crippen molar-refractivity contribution >= 4 is 21.7 Å². The number of rotatable bonds is 7. The van der Waals surface area contributed by atoms with E-state index in [0.29, 0.717) is 16.7 Å². The summed E-state index contributed by atoms with van der Waals surface area (Å²) in [5.41, 5.74) is 0.463. The van der Waals surface area contributed by atoms with Gasteiger partial charge in [-0.3, -0.25) is 9.48 Å². The number of carbonyl (C=O) groups excluding carboxylic acids is 1. The predicted octanol–water partition coefficient (Wildman–Crippen LogP) is 1.01. The lowest BCUT2D eigenvalue weighted by Crippen LogP contribution is -2.29. The van der Waals surface area contributed by atoms with Crippen molar-refractivity contribution in [2.45, 2.75) is 12.8 Å². The van der Waals surface area contributed by atoms with Gasteiger partial charge in [-0.25, -0.2) is 0 Å². The second-order valence-corrected chi connectivity index (χ2v) is 4.89. The minimum absolute atomic E-state index is 0.247.